The molecule has 0 aliphatic carbocycles. The van der Waals surface area contributed by atoms with Crippen molar-refractivity contribution in [3.63, 3.8) is 0 Å². The molecule has 2 rings (SSSR count). The quantitative estimate of drug-likeness (QED) is 0.525. The van der Waals surface area contributed by atoms with Crippen LogP contribution >= 0.6 is 27.5 Å². The molecule has 0 bridgehead atoms. The molecule has 0 N–H and O–H groups in total. The van der Waals surface area contributed by atoms with E-state index in [1.165, 1.54) is 12.1 Å². The molecule has 1 aromatic heterocycles. The monoisotopic (exact) mass is 277 g/mol. The first-order chi connectivity index (χ1) is 6.59. The first kappa shape index (κ1) is 9.80. The number of pyridine rings is 1. The molecule has 0 fully saturated rings. The topological polar surface area (TPSA) is 12.9 Å². The SMILES string of the molecule is Fc1c(Br)cc(F)c2nc(Cl)ccc12. The van der Waals surface area contributed by atoms with Crippen molar-refractivity contribution in [3.05, 3.63) is 39.5 Å². The highest BCUT2D eigenvalue weighted by Crippen LogP contribution is 2.27. The summed E-state index contributed by atoms with van der Waals surface area (Å²) in [7, 11) is 0. The van der Waals surface area contributed by atoms with Gasteiger partial charge in [-0.3, -0.25) is 0 Å². The highest BCUT2D eigenvalue weighted by Gasteiger charge is 2.11. The zero-order chi connectivity index (χ0) is 10.3. The minimum atomic E-state index is -0.601. The molecule has 1 heterocycles. The van der Waals surface area contributed by atoms with E-state index in [2.05, 4.69) is 20.9 Å². The van der Waals surface area contributed by atoms with Crippen molar-refractivity contribution in [2.45, 2.75) is 0 Å². The Morgan fingerprint density at radius 3 is 2.71 bits per heavy atom. The first-order valence-electron chi connectivity index (χ1n) is 3.69. The van der Waals surface area contributed by atoms with Gasteiger partial charge in [-0.05, 0) is 34.1 Å². The maximum atomic E-state index is 13.4. The minimum absolute atomic E-state index is 0.0572. The normalized spacial score (nSPS) is 10.9. The zero-order valence-electron chi connectivity index (χ0n) is 6.69. The maximum Gasteiger partial charge on any atom is 0.150 e. The van der Waals surface area contributed by atoms with E-state index in [-0.39, 0.29) is 20.5 Å². The Hall–Kier alpha value is -0.740. The summed E-state index contributed by atoms with van der Waals surface area (Å²) in [4.78, 5) is 3.71. The van der Waals surface area contributed by atoms with Crippen LogP contribution in [0.15, 0.2) is 22.7 Å². The molecular weight excluding hydrogens is 275 g/mol. The van der Waals surface area contributed by atoms with Crippen LogP contribution in [0, 0.1) is 11.6 Å². The van der Waals surface area contributed by atoms with Crippen LogP contribution in [0.3, 0.4) is 0 Å². The average molecular weight is 278 g/mol. The average Bonchev–Trinajstić information content (AvgIpc) is 2.14. The summed E-state index contributed by atoms with van der Waals surface area (Å²) in [5.74, 6) is -1.14. The van der Waals surface area contributed by atoms with E-state index < -0.39 is 11.6 Å². The number of fused-ring (bicyclic) bond motifs is 1. The Morgan fingerprint density at radius 2 is 2.00 bits per heavy atom. The maximum absolute atomic E-state index is 13.4. The molecule has 0 aliphatic rings. The van der Waals surface area contributed by atoms with Gasteiger partial charge in [0.25, 0.3) is 0 Å². The van der Waals surface area contributed by atoms with Crippen LogP contribution in [0.1, 0.15) is 0 Å². The van der Waals surface area contributed by atoms with Crippen LogP contribution in [0.5, 0.6) is 0 Å². The molecule has 72 valence electrons. The van der Waals surface area contributed by atoms with Gasteiger partial charge in [0.2, 0.25) is 0 Å². The predicted molar refractivity (Wildman–Crippen MR) is 54.4 cm³/mol. The summed E-state index contributed by atoms with van der Waals surface area (Å²) in [6.07, 6.45) is 0. The molecule has 14 heavy (non-hydrogen) atoms. The lowest BCUT2D eigenvalue weighted by Gasteiger charge is -2.02. The van der Waals surface area contributed by atoms with Gasteiger partial charge in [-0.1, -0.05) is 11.6 Å². The second kappa shape index (κ2) is 3.44. The Bertz CT molecular complexity index is 516. The second-order valence-electron chi connectivity index (χ2n) is 2.68. The fourth-order valence-corrected chi connectivity index (χ4v) is 1.73. The van der Waals surface area contributed by atoms with Crippen LogP contribution in [-0.4, -0.2) is 4.98 Å². The highest BCUT2D eigenvalue weighted by atomic mass is 79.9. The smallest absolute Gasteiger partial charge is 0.150 e. The van der Waals surface area contributed by atoms with Crippen molar-refractivity contribution < 1.29 is 8.78 Å². The van der Waals surface area contributed by atoms with E-state index in [1.54, 1.807) is 0 Å². The number of nitrogens with zero attached hydrogens (tertiary/aromatic N) is 1. The summed E-state index contributed by atoms with van der Waals surface area (Å²) < 4.78 is 26.8. The van der Waals surface area contributed by atoms with Gasteiger partial charge >= 0.3 is 0 Å². The summed E-state index contributed by atoms with van der Waals surface area (Å²) in [5, 5.41) is 0.249. The highest BCUT2D eigenvalue weighted by molar-refractivity contribution is 9.10. The van der Waals surface area contributed by atoms with Crippen molar-refractivity contribution in [3.8, 4) is 0 Å². The third kappa shape index (κ3) is 1.48. The molecule has 5 heteroatoms. The van der Waals surface area contributed by atoms with Crippen molar-refractivity contribution >= 4 is 38.4 Å². The molecule has 1 nitrogen and oxygen atoms in total. The lowest BCUT2D eigenvalue weighted by atomic mass is 10.2. The van der Waals surface area contributed by atoms with E-state index >= 15 is 0 Å². The Morgan fingerprint density at radius 1 is 1.29 bits per heavy atom. The van der Waals surface area contributed by atoms with Crippen molar-refractivity contribution in [1.29, 1.82) is 0 Å². The summed E-state index contributed by atoms with van der Waals surface area (Å²) in [5.41, 5.74) is -0.0572. The molecule has 0 saturated carbocycles. The molecule has 0 unspecified atom stereocenters. The van der Waals surface area contributed by atoms with Gasteiger partial charge in [0.05, 0.1) is 4.47 Å². The number of hydrogen-bond donors (Lipinski definition) is 0. The van der Waals surface area contributed by atoms with Gasteiger partial charge in [0.15, 0.2) is 5.82 Å². The van der Waals surface area contributed by atoms with Crippen LogP contribution in [0.2, 0.25) is 5.15 Å². The van der Waals surface area contributed by atoms with E-state index in [1.807, 2.05) is 0 Å². The van der Waals surface area contributed by atoms with Crippen molar-refractivity contribution in [2.24, 2.45) is 0 Å². The van der Waals surface area contributed by atoms with Gasteiger partial charge in [-0.2, -0.15) is 0 Å². The fraction of sp³-hybridized carbons (Fsp3) is 0. The number of hydrogen-bond acceptors (Lipinski definition) is 1. The fourth-order valence-electron chi connectivity index (χ4n) is 1.17. The van der Waals surface area contributed by atoms with Crippen LogP contribution in [0.25, 0.3) is 10.9 Å². The number of halogens is 4. The minimum Gasteiger partial charge on any atom is -0.233 e. The molecule has 0 spiro atoms. The number of rotatable bonds is 0. The van der Waals surface area contributed by atoms with Crippen molar-refractivity contribution in [1.82, 2.24) is 4.98 Å². The Balaban J connectivity index is 2.94. The Kier molecular flexibility index (Phi) is 2.41. The van der Waals surface area contributed by atoms with E-state index in [0.717, 1.165) is 6.07 Å². The third-order valence-electron chi connectivity index (χ3n) is 1.79. The van der Waals surface area contributed by atoms with E-state index in [9.17, 15) is 8.78 Å². The number of benzene rings is 1. The molecule has 1 aromatic carbocycles. The second-order valence-corrected chi connectivity index (χ2v) is 3.93. The largest absolute Gasteiger partial charge is 0.233 e. The third-order valence-corrected chi connectivity index (χ3v) is 2.57. The van der Waals surface area contributed by atoms with Crippen LogP contribution in [0.4, 0.5) is 8.78 Å². The molecule has 0 amide bonds. The predicted octanol–water partition coefficient (Wildman–Crippen LogP) is 3.93. The van der Waals surface area contributed by atoms with Gasteiger partial charge < -0.3 is 0 Å². The molecule has 0 radical (unpaired) electrons. The van der Waals surface area contributed by atoms with Gasteiger partial charge in [0.1, 0.15) is 16.5 Å². The summed E-state index contributed by atoms with van der Waals surface area (Å²) in [6.45, 7) is 0. The lowest BCUT2D eigenvalue weighted by molar-refractivity contribution is 0.610. The first-order valence-corrected chi connectivity index (χ1v) is 4.86. The molecular formula is C9H3BrClF2N. The molecule has 2 aromatic rings. The van der Waals surface area contributed by atoms with Gasteiger partial charge in [-0.25, -0.2) is 13.8 Å². The van der Waals surface area contributed by atoms with Crippen molar-refractivity contribution in [2.75, 3.05) is 0 Å². The lowest BCUT2D eigenvalue weighted by Crippen LogP contribution is -1.90. The molecule has 0 aliphatic heterocycles. The molecule has 0 atom stereocenters. The summed E-state index contributed by atoms with van der Waals surface area (Å²) >= 11 is 8.48. The number of aromatic nitrogens is 1. The standard InChI is InChI=1S/C9H3BrClF2N/c10-5-3-6(12)9-4(8(5)13)1-2-7(11)14-9/h1-3H. The summed E-state index contributed by atoms with van der Waals surface area (Å²) in [6, 6.07) is 3.84. The Labute approximate surface area is 91.8 Å². The van der Waals surface area contributed by atoms with E-state index in [0.29, 0.717) is 0 Å². The van der Waals surface area contributed by atoms with Crippen LogP contribution in [-0.2, 0) is 0 Å². The molecule has 0 saturated heterocycles. The van der Waals surface area contributed by atoms with Gasteiger partial charge in [0, 0.05) is 5.39 Å². The van der Waals surface area contributed by atoms with E-state index in [4.69, 9.17) is 11.6 Å². The zero-order valence-corrected chi connectivity index (χ0v) is 9.03. The van der Waals surface area contributed by atoms with Gasteiger partial charge in [-0.15, -0.1) is 0 Å². The van der Waals surface area contributed by atoms with Crippen LogP contribution < -0.4 is 0 Å².